The fourth-order valence-corrected chi connectivity index (χ4v) is 2.45. The lowest BCUT2D eigenvalue weighted by molar-refractivity contribution is -0.164. The van der Waals surface area contributed by atoms with Crippen molar-refractivity contribution in [3.63, 3.8) is 0 Å². The largest absolute Gasteiger partial charge is 0.468 e. The van der Waals surface area contributed by atoms with E-state index in [9.17, 15) is 9.59 Å². The number of hydrogen-bond acceptors (Lipinski definition) is 3. The van der Waals surface area contributed by atoms with E-state index < -0.39 is 5.41 Å². The molecular formula is C14H24O3. The molecule has 3 heteroatoms. The molecule has 17 heavy (non-hydrogen) atoms. The van der Waals surface area contributed by atoms with Crippen molar-refractivity contribution in [2.45, 2.75) is 64.7 Å². The van der Waals surface area contributed by atoms with Gasteiger partial charge < -0.3 is 4.74 Å². The maximum atomic E-state index is 12.1. The van der Waals surface area contributed by atoms with Crippen LogP contribution in [0.25, 0.3) is 0 Å². The van der Waals surface area contributed by atoms with Crippen LogP contribution in [0.5, 0.6) is 0 Å². The SMILES string of the molecule is CCCCCCCC(=O)C1(C(=O)OC)CCC1. The quantitative estimate of drug-likeness (QED) is 0.371. The predicted octanol–water partition coefficient (Wildman–Crippen LogP) is 3.26. The maximum Gasteiger partial charge on any atom is 0.319 e. The van der Waals surface area contributed by atoms with Gasteiger partial charge in [-0.1, -0.05) is 39.0 Å². The molecule has 0 bridgehead atoms. The third kappa shape index (κ3) is 3.30. The van der Waals surface area contributed by atoms with Crippen LogP contribution in [0.2, 0.25) is 0 Å². The Balaban J connectivity index is 2.32. The second kappa shape index (κ2) is 6.77. The summed E-state index contributed by atoms with van der Waals surface area (Å²) >= 11 is 0. The molecule has 0 saturated heterocycles. The molecular weight excluding hydrogens is 216 g/mol. The lowest BCUT2D eigenvalue weighted by Gasteiger charge is -2.37. The van der Waals surface area contributed by atoms with Crippen molar-refractivity contribution in [1.82, 2.24) is 0 Å². The first-order valence-electron chi connectivity index (χ1n) is 6.79. The number of esters is 1. The molecule has 0 spiro atoms. The highest BCUT2D eigenvalue weighted by atomic mass is 16.5. The van der Waals surface area contributed by atoms with Gasteiger partial charge in [0.1, 0.15) is 11.2 Å². The molecule has 0 aromatic rings. The van der Waals surface area contributed by atoms with Crippen molar-refractivity contribution >= 4 is 11.8 Å². The zero-order valence-corrected chi connectivity index (χ0v) is 11.1. The second-order valence-electron chi connectivity index (χ2n) is 5.01. The number of rotatable bonds is 8. The normalized spacial score (nSPS) is 17.3. The highest BCUT2D eigenvalue weighted by Gasteiger charge is 2.50. The number of carbonyl (C=O) groups is 2. The molecule has 1 fully saturated rings. The molecule has 1 aliphatic carbocycles. The number of Topliss-reactive ketones (excluding diaryl/α,β-unsaturated/α-hetero) is 1. The van der Waals surface area contributed by atoms with E-state index in [1.54, 1.807) is 0 Å². The Morgan fingerprint density at radius 1 is 1.12 bits per heavy atom. The molecule has 0 atom stereocenters. The molecule has 0 radical (unpaired) electrons. The van der Waals surface area contributed by atoms with Crippen molar-refractivity contribution < 1.29 is 14.3 Å². The number of ether oxygens (including phenoxy) is 1. The summed E-state index contributed by atoms with van der Waals surface area (Å²) in [7, 11) is 1.37. The van der Waals surface area contributed by atoms with Crippen molar-refractivity contribution in [3.05, 3.63) is 0 Å². The minimum atomic E-state index is -0.764. The Kier molecular flexibility index (Phi) is 5.66. The van der Waals surface area contributed by atoms with Gasteiger partial charge in [0.05, 0.1) is 7.11 Å². The van der Waals surface area contributed by atoms with Gasteiger partial charge in [-0.25, -0.2) is 0 Å². The predicted molar refractivity (Wildman–Crippen MR) is 66.7 cm³/mol. The molecule has 1 aliphatic rings. The average molecular weight is 240 g/mol. The first kappa shape index (κ1) is 14.2. The summed E-state index contributed by atoms with van der Waals surface area (Å²) in [4.78, 5) is 23.7. The summed E-state index contributed by atoms with van der Waals surface area (Å²) in [5.74, 6) is -0.214. The highest BCUT2D eigenvalue weighted by molar-refractivity contribution is 6.04. The van der Waals surface area contributed by atoms with Crippen molar-refractivity contribution in [1.29, 1.82) is 0 Å². The Bertz CT molecular complexity index is 267. The molecule has 3 nitrogen and oxygen atoms in total. The molecule has 0 unspecified atom stereocenters. The first-order chi connectivity index (χ1) is 8.17. The fourth-order valence-electron chi connectivity index (χ4n) is 2.45. The van der Waals surface area contributed by atoms with Crippen LogP contribution in [0.1, 0.15) is 64.7 Å². The molecule has 0 aromatic heterocycles. The van der Waals surface area contributed by atoms with Gasteiger partial charge in [-0.05, 0) is 19.3 Å². The molecule has 0 N–H and O–H groups in total. The molecule has 0 heterocycles. The Morgan fingerprint density at radius 2 is 1.76 bits per heavy atom. The zero-order chi connectivity index (χ0) is 12.7. The van der Waals surface area contributed by atoms with Gasteiger partial charge in [-0.3, -0.25) is 9.59 Å². The monoisotopic (exact) mass is 240 g/mol. The van der Waals surface area contributed by atoms with Gasteiger partial charge in [0.15, 0.2) is 0 Å². The molecule has 0 amide bonds. The number of ketones is 1. The van der Waals surface area contributed by atoms with Crippen LogP contribution < -0.4 is 0 Å². The number of carbonyl (C=O) groups excluding carboxylic acids is 2. The summed E-state index contributed by atoms with van der Waals surface area (Å²) in [5, 5.41) is 0. The van der Waals surface area contributed by atoms with Gasteiger partial charge >= 0.3 is 5.97 Å². The van der Waals surface area contributed by atoms with Gasteiger partial charge in [-0.15, -0.1) is 0 Å². The summed E-state index contributed by atoms with van der Waals surface area (Å²) in [6, 6.07) is 0. The third-order valence-electron chi connectivity index (χ3n) is 3.82. The van der Waals surface area contributed by atoms with E-state index >= 15 is 0 Å². The van der Waals surface area contributed by atoms with E-state index in [1.807, 2.05) is 0 Å². The van der Waals surface area contributed by atoms with E-state index in [0.717, 1.165) is 19.3 Å². The van der Waals surface area contributed by atoms with E-state index in [-0.39, 0.29) is 11.8 Å². The van der Waals surface area contributed by atoms with Crippen LogP contribution >= 0.6 is 0 Å². The molecule has 0 aliphatic heterocycles. The number of hydrogen-bond donors (Lipinski definition) is 0. The topological polar surface area (TPSA) is 43.4 Å². The second-order valence-corrected chi connectivity index (χ2v) is 5.01. The summed E-state index contributed by atoms with van der Waals surface area (Å²) in [5.41, 5.74) is -0.764. The maximum absolute atomic E-state index is 12.1. The molecule has 1 saturated carbocycles. The average Bonchev–Trinajstić information content (AvgIpc) is 2.27. The van der Waals surface area contributed by atoms with Crippen molar-refractivity contribution in [2.75, 3.05) is 7.11 Å². The molecule has 0 aromatic carbocycles. The molecule has 1 rings (SSSR count). The van der Waals surface area contributed by atoms with Gasteiger partial charge in [0.2, 0.25) is 0 Å². The van der Waals surface area contributed by atoms with Crippen LogP contribution in [0.3, 0.4) is 0 Å². The van der Waals surface area contributed by atoms with Crippen LogP contribution in [-0.2, 0) is 14.3 Å². The van der Waals surface area contributed by atoms with Crippen LogP contribution in [-0.4, -0.2) is 18.9 Å². The third-order valence-corrected chi connectivity index (χ3v) is 3.82. The van der Waals surface area contributed by atoms with Crippen LogP contribution in [0.4, 0.5) is 0 Å². The van der Waals surface area contributed by atoms with E-state index in [2.05, 4.69) is 6.92 Å². The van der Waals surface area contributed by atoms with Crippen molar-refractivity contribution in [3.8, 4) is 0 Å². The summed E-state index contributed by atoms with van der Waals surface area (Å²) in [6.45, 7) is 2.17. The lowest BCUT2D eigenvalue weighted by Crippen LogP contribution is -2.45. The lowest BCUT2D eigenvalue weighted by atomic mass is 9.65. The fraction of sp³-hybridized carbons (Fsp3) is 0.857. The van der Waals surface area contributed by atoms with Crippen LogP contribution in [0.15, 0.2) is 0 Å². The minimum absolute atomic E-state index is 0.104. The number of methoxy groups -OCH3 is 1. The Labute approximate surface area is 104 Å². The van der Waals surface area contributed by atoms with Gasteiger partial charge in [0.25, 0.3) is 0 Å². The smallest absolute Gasteiger partial charge is 0.319 e. The van der Waals surface area contributed by atoms with Gasteiger partial charge in [-0.2, -0.15) is 0 Å². The summed E-state index contributed by atoms with van der Waals surface area (Å²) in [6.07, 6.45) is 8.52. The first-order valence-corrected chi connectivity index (χ1v) is 6.79. The highest BCUT2D eigenvalue weighted by Crippen LogP contribution is 2.43. The zero-order valence-electron chi connectivity index (χ0n) is 11.1. The van der Waals surface area contributed by atoms with E-state index in [4.69, 9.17) is 4.74 Å². The Hall–Kier alpha value is -0.860. The minimum Gasteiger partial charge on any atom is -0.468 e. The van der Waals surface area contributed by atoms with E-state index in [1.165, 1.54) is 26.4 Å². The van der Waals surface area contributed by atoms with Crippen LogP contribution in [0, 0.1) is 5.41 Å². The van der Waals surface area contributed by atoms with Gasteiger partial charge in [0, 0.05) is 6.42 Å². The standard InChI is InChI=1S/C14H24O3/c1-3-4-5-6-7-9-12(15)14(10-8-11-14)13(16)17-2/h3-11H2,1-2H3. The van der Waals surface area contributed by atoms with E-state index in [0.29, 0.717) is 19.3 Å². The molecule has 98 valence electrons. The summed E-state index contributed by atoms with van der Waals surface area (Å²) < 4.78 is 4.76. The Morgan fingerprint density at radius 3 is 2.24 bits per heavy atom. The number of unbranched alkanes of at least 4 members (excludes halogenated alkanes) is 4. The van der Waals surface area contributed by atoms with Crippen molar-refractivity contribution in [2.24, 2.45) is 5.41 Å².